The van der Waals surface area contributed by atoms with Gasteiger partial charge in [-0.25, -0.2) is 4.79 Å². The number of aliphatic carboxylic acids is 1. The molecule has 6 N–H and O–H groups in total. The number of aryl methyl sites for hydroxylation is 1. The van der Waals surface area contributed by atoms with Crippen LogP contribution in [-0.2, 0) is 32.0 Å². The summed E-state index contributed by atoms with van der Waals surface area (Å²) in [6, 6.07) is 9.56. The van der Waals surface area contributed by atoms with Gasteiger partial charge >= 0.3 is 11.9 Å². The van der Waals surface area contributed by atoms with Crippen LogP contribution in [0.2, 0.25) is 0 Å². The van der Waals surface area contributed by atoms with Gasteiger partial charge in [-0.05, 0) is 42.6 Å². The first-order valence-electron chi connectivity index (χ1n) is 10.3. The van der Waals surface area contributed by atoms with Crippen molar-refractivity contribution in [3.05, 3.63) is 53.6 Å². The Labute approximate surface area is 190 Å². The summed E-state index contributed by atoms with van der Waals surface area (Å²) < 4.78 is 4.77. The molecule has 0 saturated carbocycles. The summed E-state index contributed by atoms with van der Waals surface area (Å²) >= 11 is 0. The Hall–Kier alpha value is -3.79. The SMILES string of the molecule is COC(=O)[C@H](Cc1ccccc1)NC(=O)[C@H](CC(=O)O)NCCCc1cc(O)c(O)c(O)c1. The lowest BCUT2D eigenvalue weighted by atomic mass is 10.0. The second-order valence-electron chi connectivity index (χ2n) is 7.46. The first kappa shape index (κ1) is 25.5. The zero-order valence-electron chi connectivity index (χ0n) is 18.2. The number of amides is 1. The zero-order valence-corrected chi connectivity index (χ0v) is 18.2. The molecule has 0 unspecified atom stereocenters. The number of carbonyl (C=O) groups is 3. The van der Waals surface area contributed by atoms with E-state index < -0.39 is 53.6 Å². The van der Waals surface area contributed by atoms with E-state index in [2.05, 4.69) is 10.6 Å². The molecular weight excluding hydrogens is 432 g/mol. The van der Waals surface area contributed by atoms with Gasteiger partial charge in [0.1, 0.15) is 6.04 Å². The van der Waals surface area contributed by atoms with E-state index in [0.717, 1.165) is 5.56 Å². The van der Waals surface area contributed by atoms with E-state index in [1.54, 1.807) is 24.3 Å². The molecule has 0 bridgehead atoms. The molecule has 2 aromatic rings. The number of carboxylic acid groups (broad SMARTS) is 1. The Balaban J connectivity index is 1.98. The van der Waals surface area contributed by atoms with Gasteiger partial charge < -0.3 is 35.8 Å². The highest BCUT2D eigenvalue weighted by Gasteiger charge is 2.27. The van der Waals surface area contributed by atoms with Crippen LogP contribution in [0.3, 0.4) is 0 Å². The van der Waals surface area contributed by atoms with E-state index in [1.807, 2.05) is 6.07 Å². The smallest absolute Gasteiger partial charge is 0.328 e. The molecule has 0 heterocycles. The highest BCUT2D eigenvalue weighted by Crippen LogP contribution is 2.35. The molecule has 0 spiro atoms. The van der Waals surface area contributed by atoms with Gasteiger partial charge in [-0.1, -0.05) is 30.3 Å². The summed E-state index contributed by atoms with van der Waals surface area (Å²) in [5, 5.41) is 43.2. The second-order valence-corrected chi connectivity index (χ2v) is 7.46. The minimum absolute atomic E-state index is 0.187. The van der Waals surface area contributed by atoms with E-state index in [0.29, 0.717) is 18.4 Å². The van der Waals surface area contributed by atoms with Crippen molar-refractivity contribution in [3.63, 3.8) is 0 Å². The predicted octanol–water partition coefficient (Wildman–Crippen LogP) is 1.07. The minimum Gasteiger partial charge on any atom is -0.504 e. The van der Waals surface area contributed by atoms with Crippen LogP contribution < -0.4 is 10.6 Å². The summed E-state index contributed by atoms with van der Waals surface area (Å²) in [6.07, 6.45) is 0.519. The van der Waals surface area contributed by atoms with Crippen molar-refractivity contribution in [1.82, 2.24) is 10.6 Å². The van der Waals surface area contributed by atoms with E-state index in [1.165, 1.54) is 19.2 Å². The third-order valence-electron chi connectivity index (χ3n) is 4.94. The van der Waals surface area contributed by atoms with Gasteiger partial charge in [0.25, 0.3) is 0 Å². The first-order chi connectivity index (χ1) is 15.7. The van der Waals surface area contributed by atoms with Crippen molar-refractivity contribution in [2.75, 3.05) is 13.7 Å². The van der Waals surface area contributed by atoms with Gasteiger partial charge in [-0.15, -0.1) is 0 Å². The number of ether oxygens (including phenoxy) is 1. The van der Waals surface area contributed by atoms with Crippen LogP contribution in [0.15, 0.2) is 42.5 Å². The molecule has 178 valence electrons. The Bertz CT molecular complexity index is 941. The topological polar surface area (TPSA) is 165 Å². The average Bonchev–Trinajstić information content (AvgIpc) is 2.78. The quantitative estimate of drug-likeness (QED) is 0.154. The second kappa shape index (κ2) is 12.3. The molecule has 0 fully saturated rings. The maximum atomic E-state index is 12.8. The van der Waals surface area contributed by atoms with E-state index >= 15 is 0 Å². The Morgan fingerprint density at radius 1 is 0.970 bits per heavy atom. The number of hydrogen-bond donors (Lipinski definition) is 6. The van der Waals surface area contributed by atoms with Gasteiger partial charge in [0, 0.05) is 6.42 Å². The van der Waals surface area contributed by atoms with Gasteiger partial charge in [0.05, 0.1) is 19.6 Å². The Morgan fingerprint density at radius 3 is 2.18 bits per heavy atom. The lowest BCUT2D eigenvalue weighted by Gasteiger charge is -2.21. The van der Waals surface area contributed by atoms with E-state index in [4.69, 9.17) is 4.74 Å². The molecule has 1 amide bonds. The van der Waals surface area contributed by atoms with Crippen LogP contribution in [0.1, 0.15) is 24.0 Å². The summed E-state index contributed by atoms with van der Waals surface area (Å²) in [5.41, 5.74) is 1.36. The van der Waals surface area contributed by atoms with Crippen LogP contribution in [0.5, 0.6) is 17.2 Å². The van der Waals surface area contributed by atoms with Gasteiger partial charge in [0.2, 0.25) is 5.91 Å². The molecule has 0 saturated heterocycles. The molecule has 0 aromatic heterocycles. The summed E-state index contributed by atoms with van der Waals surface area (Å²) in [6.45, 7) is 0.245. The van der Waals surface area contributed by atoms with Crippen molar-refractivity contribution in [3.8, 4) is 17.2 Å². The van der Waals surface area contributed by atoms with Crippen molar-refractivity contribution >= 4 is 17.8 Å². The number of phenols is 3. The molecule has 0 aliphatic heterocycles. The van der Waals surface area contributed by atoms with Crippen molar-refractivity contribution in [2.45, 2.75) is 37.8 Å². The number of phenolic OH excluding ortho intramolecular Hbond substituents is 3. The summed E-state index contributed by atoms with van der Waals surface area (Å²) in [7, 11) is 1.21. The minimum atomic E-state index is -1.19. The number of aromatic hydroxyl groups is 3. The lowest BCUT2D eigenvalue weighted by Crippen LogP contribution is -2.52. The first-order valence-corrected chi connectivity index (χ1v) is 10.3. The van der Waals surface area contributed by atoms with Crippen LogP contribution in [0, 0.1) is 0 Å². The third-order valence-corrected chi connectivity index (χ3v) is 4.94. The van der Waals surface area contributed by atoms with E-state index in [9.17, 15) is 34.8 Å². The fraction of sp³-hybridized carbons (Fsp3) is 0.348. The fourth-order valence-corrected chi connectivity index (χ4v) is 3.26. The standard InChI is InChI=1S/C23H28N2O8/c1-33-23(32)17(10-14-6-3-2-4-7-14)25-22(31)16(13-20(28)29)24-9-5-8-15-11-18(26)21(30)19(27)12-15/h2-4,6-7,11-12,16-17,24,26-27,30H,5,8-10,13H2,1H3,(H,25,31)(H,28,29)/t16-,17-/m0/s1. The number of esters is 1. The van der Waals surface area contributed by atoms with Crippen molar-refractivity contribution in [2.24, 2.45) is 0 Å². The summed E-state index contributed by atoms with van der Waals surface area (Å²) in [5.74, 6) is -3.99. The summed E-state index contributed by atoms with van der Waals surface area (Å²) in [4.78, 5) is 36.2. The Kier molecular flexibility index (Phi) is 9.49. The van der Waals surface area contributed by atoms with Gasteiger partial charge in [0.15, 0.2) is 17.2 Å². The number of carboxylic acids is 1. The largest absolute Gasteiger partial charge is 0.504 e. The number of carbonyl (C=O) groups excluding carboxylic acids is 2. The van der Waals surface area contributed by atoms with Crippen LogP contribution in [0.25, 0.3) is 0 Å². The fourth-order valence-electron chi connectivity index (χ4n) is 3.26. The average molecular weight is 460 g/mol. The molecule has 33 heavy (non-hydrogen) atoms. The monoisotopic (exact) mass is 460 g/mol. The van der Waals surface area contributed by atoms with Crippen LogP contribution in [-0.4, -0.2) is 64.0 Å². The molecule has 2 atom stereocenters. The Morgan fingerprint density at radius 2 is 1.61 bits per heavy atom. The molecule has 0 aliphatic rings. The van der Waals surface area contributed by atoms with Gasteiger partial charge in [-0.2, -0.15) is 0 Å². The molecule has 2 aromatic carbocycles. The molecule has 0 radical (unpaired) electrons. The van der Waals surface area contributed by atoms with Crippen LogP contribution >= 0.6 is 0 Å². The van der Waals surface area contributed by atoms with Crippen LogP contribution in [0.4, 0.5) is 0 Å². The maximum Gasteiger partial charge on any atom is 0.328 e. The molecule has 2 rings (SSSR count). The third kappa shape index (κ3) is 8.00. The van der Waals surface area contributed by atoms with Crippen molar-refractivity contribution in [1.29, 1.82) is 0 Å². The number of nitrogens with one attached hydrogen (secondary N) is 2. The maximum absolute atomic E-state index is 12.8. The molecular formula is C23H28N2O8. The zero-order chi connectivity index (χ0) is 24.4. The predicted molar refractivity (Wildman–Crippen MR) is 118 cm³/mol. The number of rotatable bonds is 12. The van der Waals surface area contributed by atoms with Crippen molar-refractivity contribution < 1.29 is 39.5 Å². The van der Waals surface area contributed by atoms with Gasteiger partial charge in [-0.3, -0.25) is 9.59 Å². The molecule has 10 nitrogen and oxygen atoms in total. The highest BCUT2D eigenvalue weighted by molar-refractivity contribution is 5.90. The molecule has 10 heteroatoms. The molecule has 0 aliphatic carbocycles. The highest BCUT2D eigenvalue weighted by atomic mass is 16.5. The normalized spacial score (nSPS) is 12.5. The lowest BCUT2D eigenvalue weighted by molar-refractivity contribution is -0.145. The number of methoxy groups -OCH3 is 1. The number of hydrogen-bond acceptors (Lipinski definition) is 8. The number of benzene rings is 2. The van der Waals surface area contributed by atoms with E-state index in [-0.39, 0.29) is 13.0 Å².